The number of rotatable bonds is 4. The fraction of sp³-hybridized carbons (Fsp3) is 0.286. The second kappa shape index (κ2) is 6.00. The predicted octanol–water partition coefficient (Wildman–Crippen LogP) is 3.66. The minimum absolute atomic E-state index is 0.0638. The summed E-state index contributed by atoms with van der Waals surface area (Å²) in [5.41, 5.74) is -0.694. The molecule has 0 aliphatic heterocycles. The van der Waals surface area contributed by atoms with E-state index in [0.717, 1.165) is 4.68 Å². The zero-order valence-corrected chi connectivity index (χ0v) is 12.4. The van der Waals surface area contributed by atoms with Crippen molar-refractivity contribution in [3.05, 3.63) is 46.2 Å². The number of aldehydes is 1. The standard InChI is InChI=1S/C14H12ClF3N2O2/c1-8-12(15)13(14(16,17)18)19-20(8)11(7-21)9-4-3-5-10(6-9)22-2/h3-7,11H,1-2H3. The molecule has 0 radical (unpaired) electrons. The third kappa shape index (κ3) is 2.94. The third-order valence-electron chi connectivity index (χ3n) is 3.17. The molecule has 0 fully saturated rings. The van der Waals surface area contributed by atoms with E-state index in [0.29, 0.717) is 17.6 Å². The van der Waals surface area contributed by atoms with E-state index in [2.05, 4.69) is 5.10 Å². The molecule has 1 aromatic carbocycles. The SMILES string of the molecule is COc1cccc(C(C=O)n2nc(C(F)(F)F)c(Cl)c2C)c1. The van der Waals surface area contributed by atoms with Crippen molar-refractivity contribution in [1.29, 1.82) is 0 Å². The Balaban J connectivity index is 2.54. The first-order valence-corrected chi connectivity index (χ1v) is 6.58. The van der Waals surface area contributed by atoms with Gasteiger partial charge in [0.25, 0.3) is 0 Å². The number of methoxy groups -OCH3 is 1. The van der Waals surface area contributed by atoms with Gasteiger partial charge in [-0.1, -0.05) is 23.7 Å². The summed E-state index contributed by atoms with van der Waals surface area (Å²) in [5, 5.41) is 2.96. The summed E-state index contributed by atoms with van der Waals surface area (Å²) >= 11 is 5.70. The second-order valence-corrected chi connectivity index (χ2v) is 4.93. The summed E-state index contributed by atoms with van der Waals surface area (Å²) in [7, 11) is 1.45. The molecule has 1 atom stereocenters. The fourth-order valence-electron chi connectivity index (χ4n) is 2.05. The Morgan fingerprint density at radius 3 is 2.59 bits per heavy atom. The van der Waals surface area contributed by atoms with Gasteiger partial charge >= 0.3 is 6.18 Å². The van der Waals surface area contributed by atoms with Crippen molar-refractivity contribution in [1.82, 2.24) is 9.78 Å². The van der Waals surface area contributed by atoms with Crippen molar-refractivity contribution in [2.24, 2.45) is 0 Å². The quantitative estimate of drug-likeness (QED) is 0.803. The van der Waals surface area contributed by atoms with Crippen LogP contribution in [0.15, 0.2) is 24.3 Å². The van der Waals surface area contributed by atoms with Gasteiger partial charge < -0.3 is 9.53 Å². The van der Waals surface area contributed by atoms with Gasteiger partial charge in [0, 0.05) is 0 Å². The highest BCUT2D eigenvalue weighted by molar-refractivity contribution is 6.32. The molecule has 2 rings (SSSR count). The number of alkyl halides is 3. The average molecular weight is 333 g/mol. The molecular weight excluding hydrogens is 321 g/mol. The van der Waals surface area contributed by atoms with Gasteiger partial charge in [-0.15, -0.1) is 0 Å². The Labute approximate surface area is 129 Å². The topological polar surface area (TPSA) is 44.1 Å². The molecule has 0 aliphatic carbocycles. The second-order valence-electron chi connectivity index (χ2n) is 4.55. The van der Waals surface area contributed by atoms with Gasteiger partial charge in [0.05, 0.1) is 17.8 Å². The molecule has 0 spiro atoms. The summed E-state index contributed by atoms with van der Waals surface area (Å²) in [4.78, 5) is 11.4. The molecule has 0 aliphatic rings. The molecule has 2 aromatic rings. The largest absolute Gasteiger partial charge is 0.497 e. The fourth-order valence-corrected chi connectivity index (χ4v) is 2.28. The molecule has 0 N–H and O–H groups in total. The first-order chi connectivity index (χ1) is 10.3. The van der Waals surface area contributed by atoms with Crippen LogP contribution in [0.2, 0.25) is 5.02 Å². The molecule has 0 bridgehead atoms. The van der Waals surface area contributed by atoms with Gasteiger partial charge in [0.1, 0.15) is 18.1 Å². The molecule has 22 heavy (non-hydrogen) atoms. The van der Waals surface area contributed by atoms with E-state index < -0.39 is 22.9 Å². The molecule has 118 valence electrons. The lowest BCUT2D eigenvalue weighted by molar-refractivity contribution is -0.141. The Morgan fingerprint density at radius 1 is 1.41 bits per heavy atom. The van der Waals surface area contributed by atoms with Crippen LogP contribution in [0.25, 0.3) is 0 Å². The van der Waals surface area contributed by atoms with Crippen LogP contribution in [0.3, 0.4) is 0 Å². The molecule has 1 unspecified atom stereocenters. The van der Waals surface area contributed by atoms with Gasteiger partial charge in [-0.25, -0.2) is 0 Å². The van der Waals surface area contributed by atoms with E-state index in [1.165, 1.54) is 14.0 Å². The maximum absolute atomic E-state index is 12.9. The average Bonchev–Trinajstić information content (AvgIpc) is 2.77. The highest BCUT2D eigenvalue weighted by Crippen LogP contribution is 2.36. The minimum Gasteiger partial charge on any atom is -0.497 e. The summed E-state index contributed by atoms with van der Waals surface area (Å²) < 4.78 is 44.6. The van der Waals surface area contributed by atoms with E-state index in [1.807, 2.05) is 0 Å². The number of ether oxygens (including phenoxy) is 1. The molecule has 0 saturated heterocycles. The van der Waals surface area contributed by atoms with Gasteiger partial charge in [-0.3, -0.25) is 4.68 Å². The molecule has 1 aromatic heterocycles. The lowest BCUT2D eigenvalue weighted by atomic mass is 10.1. The number of nitrogens with zero attached hydrogens (tertiary/aromatic N) is 2. The monoisotopic (exact) mass is 332 g/mol. The molecule has 1 heterocycles. The van der Waals surface area contributed by atoms with E-state index in [-0.39, 0.29) is 5.69 Å². The van der Waals surface area contributed by atoms with Crippen LogP contribution < -0.4 is 4.74 Å². The van der Waals surface area contributed by atoms with E-state index in [1.54, 1.807) is 24.3 Å². The Hall–Kier alpha value is -2.02. The zero-order chi connectivity index (χ0) is 16.5. The summed E-state index contributed by atoms with van der Waals surface area (Å²) in [5.74, 6) is 0.483. The number of benzene rings is 1. The number of aromatic nitrogens is 2. The lowest BCUT2D eigenvalue weighted by Gasteiger charge is -2.14. The lowest BCUT2D eigenvalue weighted by Crippen LogP contribution is -2.16. The highest BCUT2D eigenvalue weighted by atomic mass is 35.5. The normalized spacial score (nSPS) is 13.0. The minimum atomic E-state index is -4.69. The Kier molecular flexibility index (Phi) is 4.46. The third-order valence-corrected chi connectivity index (χ3v) is 3.63. The molecule has 4 nitrogen and oxygen atoms in total. The first-order valence-electron chi connectivity index (χ1n) is 6.20. The van der Waals surface area contributed by atoms with Gasteiger partial charge in [0.2, 0.25) is 0 Å². The van der Waals surface area contributed by atoms with Crippen molar-refractivity contribution in [2.75, 3.05) is 7.11 Å². The smallest absolute Gasteiger partial charge is 0.436 e. The van der Waals surface area contributed by atoms with Crippen LogP contribution in [-0.2, 0) is 11.0 Å². The number of halogens is 4. The van der Waals surface area contributed by atoms with Gasteiger partial charge in [-0.05, 0) is 24.6 Å². The molecule has 8 heteroatoms. The Morgan fingerprint density at radius 2 is 2.09 bits per heavy atom. The van der Waals surface area contributed by atoms with Crippen LogP contribution in [-0.4, -0.2) is 23.2 Å². The number of hydrogen-bond donors (Lipinski definition) is 0. The van der Waals surface area contributed by atoms with E-state index >= 15 is 0 Å². The van der Waals surface area contributed by atoms with Crippen molar-refractivity contribution >= 4 is 17.9 Å². The summed E-state index contributed by atoms with van der Waals surface area (Å²) in [6.07, 6.45) is -4.18. The van der Waals surface area contributed by atoms with Crippen LogP contribution in [0, 0.1) is 6.92 Å². The summed E-state index contributed by atoms with van der Waals surface area (Å²) in [6.45, 7) is 1.38. The number of carbonyl (C=O) groups is 1. The van der Waals surface area contributed by atoms with Gasteiger partial charge in [0.15, 0.2) is 5.69 Å². The van der Waals surface area contributed by atoms with Crippen molar-refractivity contribution in [2.45, 2.75) is 19.1 Å². The van der Waals surface area contributed by atoms with E-state index in [4.69, 9.17) is 16.3 Å². The van der Waals surface area contributed by atoms with Crippen molar-refractivity contribution in [3.63, 3.8) is 0 Å². The predicted molar refractivity (Wildman–Crippen MR) is 74.2 cm³/mol. The molecular formula is C14H12ClF3N2O2. The molecule has 0 amide bonds. The van der Waals surface area contributed by atoms with Crippen molar-refractivity contribution < 1.29 is 22.7 Å². The number of hydrogen-bond acceptors (Lipinski definition) is 3. The van der Waals surface area contributed by atoms with Crippen LogP contribution in [0.5, 0.6) is 5.75 Å². The van der Waals surface area contributed by atoms with Crippen molar-refractivity contribution in [3.8, 4) is 5.75 Å². The van der Waals surface area contributed by atoms with Crippen LogP contribution in [0.4, 0.5) is 13.2 Å². The maximum Gasteiger partial charge on any atom is 0.436 e. The molecule has 0 saturated carbocycles. The Bertz CT molecular complexity index is 698. The van der Waals surface area contributed by atoms with E-state index in [9.17, 15) is 18.0 Å². The summed E-state index contributed by atoms with van der Waals surface area (Å²) in [6, 6.07) is 5.43. The van der Waals surface area contributed by atoms with Gasteiger partial charge in [-0.2, -0.15) is 18.3 Å². The zero-order valence-electron chi connectivity index (χ0n) is 11.7. The highest BCUT2D eigenvalue weighted by Gasteiger charge is 2.39. The van der Waals surface area contributed by atoms with Crippen LogP contribution >= 0.6 is 11.6 Å². The maximum atomic E-state index is 12.9. The van der Waals surface area contributed by atoms with Crippen LogP contribution in [0.1, 0.15) is 23.0 Å². The number of carbonyl (C=O) groups excluding carboxylic acids is 1. The first kappa shape index (κ1) is 16.4.